The van der Waals surface area contributed by atoms with Crippen molar-refractivity contribution in [2.24, 2.45) is 5.73 Å². The van der Waals surface area contributed by atoms with Crippen LogP contribution in [0.2, 0.25) is 0 Å². The second kappa shape index (κ2) is 10.0. The van der Waals surface area contributed by atoms with Gasteiger partial charge in [0.25, 0.3) is 0 Å². The first-order valence-electron chi connectivity index (χ1n) is 11.0. The topological polar surface area (TPSA) is 117 Å². The summed E-state index contributed by atoms with van der Waals surface area (Å²) in [5.74, 6) is 0.260. The summed E-state index contributed by atoms with van der Waals surface area (Å²) in [6.07, 6.45) is 6.13. The summed E-state index contributed by atoms with van der Waals surface area (Å²) in [7, 11) is 0. The lowest BCUT2D eigenvalue weighted by atomic mass is 9.91. The van der Waals surface area contributed by atoms with E-state index in [9.17, 15) is 9.59 Å². The Morgan fingerprint density at radius 2 is 1.94 bits per heavy atom. The molecule has 0 spiro atoms. The molecule has 166 valence electrons. The SMILES string of the molecule is N[C@@H]1CCCC(NCc2ccc(-n3ccc(NC(=O)N4CCNCC4)nc3=O)cc2)C1. The number of urea groups is 1. The number of anilines is 1. The minimum Gasteiger partial charge on any atom is -0.328 e. The molecule has 2 atom stereocenters. The lowest BCUT2D eigenvalue weighted by Crippen LogP contribution is -2.48. The summed E-state index contributed by atoms with van der Waals surface area (Å²) >= 11 is 0. The molecule has 9 heteroatoms. The molecule has 1 saturated carbocycles. The van der Waals surface area contributed by atoms with Gasteiger partial charge in [0.1, 0.15) is 5.82 Å². The molecular weight excluding hydrogens is 394 g/mol. The fourth-order valence-corrected chi connectivity index (χ4v) is 4.18. The zero-order valence-electron chi connectivity index (χ0n) is 17.7. The Balaban J connectivity index is 1.35. The van der Waals surface area contributed by atoms with Gasteiger partial charge < -0.3 is 21.3 Å². The number of aromatic nitrogens is 2. The van der Waals surface area contributed by atoms with E-state index in [4.69, 9.17) is 5.73 Å². The minimum atomic E-state index is -0.430. The molecule has 4 rings (SSSR count). The molecule has 2 aromatic rings. The first-order valence-corrected chi connectivity index (χ1v) is 11.0. The highest BCUT2D eigenvalue weighted by Crippen LogP contribution is 2.17. The number of benzene rings is 1. The van der Waals surface area contributed by atoms with Crippen molar-refractivity contribution in [1.82, 2.24) is 25.1 Å². The zero-order valence-corrected chi connectivity index (χ0v) is 17.7. The van der Waals surface area contributed by atoms with Crippen LogP contribution in [0.4, 0.5) is 10.6 Å². The van der Waals surface area contributed by atoms with Crippen LogP contribution in [-0.2, 0) is 6.54 Å². The van der Waals surface area contributed by atoms with Gasteiger partial charge in [0, 0.05) is 51.0 Å². The number of carbonyl (C=O) groups is 1. The van der Waals surface area contributed by atoms with Crippen LogP contribution < -0.4 is 27.4 Å². The van der Waals surface area contributed by atoms with E-state index in [2.05, 4.69) is 20.9 Å². The van der Waals surface area contributed by atoms with E-state index in [1.165, 1.54) is 17.4 Å². The largest absolute Gasteiger partial charge is 0.354 e. The van der Waals surface area contributed by atoms with Gasteiger partial charge in [0.15, 0.2) is 0 Å². The van der Waals surface area contributed by atoms with E-state index in [0.29, 0.717) is 25.2 Å². The lowest BCUT2D eigenvalue weighted by molar-refractivity contribution is 0.204. The maximum atomic E-state index is 12.5. The average Bonchev–Trinajstić information content (AvgIpc) is 2.79. The molecule has 5 N–H and O–H groups in total. The number of carbonyl (C=O) groups excluding carboxylic acids is 1. The normalized spacial score (nSPS) is 21.6. The Labute approximate surface area is 182 Å². The highest BCUT2D eigenvalue weighted by Gasteiger charge is 2.19. The smallest absolute Gasteiger partial charge is 0.328 e. The van der Waals surface area contributed by atoms with E-state index in [1.807, 2.05) is 24.3 Å². The molecule has 9 nitrogen and oxygen atoms in total. The van der Waals surface area contributed by atoms with Gasteiger partial charge in [-0.2, -0.15) is 4.98 Å². The molecule has 1 aliphatic carbocycles. The third-order valence-corrected chi connectivity index (χ3v) is 5.97. The van der Waals surface area contributed by atoms with Gasteiger partial charge in [-0.3, -0.25) is 9.88 Å². The molecular formula is C22H31N7O2. The van der Waals surface area contributed by atoms with Gasteiger partial charge >= 0.3 is 11.7 Å². The first-order chi connectivity index (χ1) is 15.1. The monoisotopic (exact) mass is 425 g/mol. The second-order valence-electron chi connectivity index (χ2n) is 8.30. The van der Waals surface area contributed by atoms with Crippen molar-refractivity contribution >= 4 is 11.8 Å². The van der Waals surface area contributed by atoms with Crippen LogP contribution in [0.1, 0.15) is 31.2 Å². The maximum Gasteiger partial charge on any atom is 0.354 e. The van der Waals surface area contributed by atoms with Crippen LogP contribution in [0.15, 0.2) is 41.3 Å². The first kappa shape index (κ1) is 21.5. The van der Waals surface area contributed by atoms with Crippen LogP contribution in [-0.4, -0.2) is 58.7 Å². The Kier molecular flexibility index (Phi) is 6.96. The van der Waals surface area contributed by atoms with Crippen molar-refractivity contribution in [3.05, 3.63) is 52.6 Å². The number of piperazine rings is 1. The quantitative estimate of drug-likeness (QED) is 0.568. The third kappa shape index (κ3) is 5.69. The van der Waals surface area contributed by atoms with Gasteiger partial charge in [-0.15, -0.1) is 0 Å². The second-order valence-corrected chi connectivity index (χ2v) is 8.30. The predicted octanol–water partition coefficient (Wildman–Crippen LogP) is 1.03. The van der Waals surface area contributed by atoms with Crippen molar-refractivity contribution < 1.29 is 4.79 Å². The zero-order chi connectivity index (χ0) is 21.6. The average molecular weight is 426 g/mol. The molecule has 31 heavy (non-hydrogen) atoms. The Bertz CT molecular complexity index is 938. The predicted molar refractivity (Wildman–Crippen MR) is 120 cm³/mol. The molecule has 2 fully saturated rings. The number of rotatable bonds is 5. The van der Waals surface area contributed by atoms with E-state index in [1.54, 1.807) is 17.2 Å². The van der Waals surface area contributed by atoms with Gasteiger partial charge in [-0.05, 0) is 43.0 Å². The van der Waals surface area contributed by atoms with Crippen molar-refractivity contribution in [2.75, 3.05) is 31.5 Å². The van der Waals surface area contributed by atoms with E-state index >= 15 is 0 Å². The Morgan fingerprint density at radius 1 is 1.16 bits per heavy atom. The van der Waals surface area contributed by atoms with Crippen LogP contribution in [0.3, 0.4) is 0 Å². The molecule has 2 aliphatic rings. The Morgan fingerprint density at radius 3 is 2.65 bits per heavy atom. The third-order valence-electron chi connectivity index (χ3n) is 5.97. The number of hydrogen-bond acceptors (Lipinski definition) is 6. The van der Waals surface area contributed by atoms with Crippen molar-refractivity contribution in [2.45, 2.75) is 44.3 Å². The molecule has 2 amide bonds. The highest BCUT2D eigenvalue weighted by molar-refractivity contribution is 5.88. The number of nitrogens with zero attached hydrogens (tertiary/aromatic N) is 3. The maximum absolute atomic E-state index is 12.5. The van der Waals surface area contributed by atoms with Crippen molar-refractivity contribution in [1.29, 1.82) is 0 Å². The summed E-state index contributed by atoms with van der Waals surface area (Å²) in [4.78, 5) is 30.5. The van der Waals surface area contributed by atoms with Crippen molar-refractivity contribution in [3.8, 4) is 5.69 Å². The highest BCUT2D eigenvalue weighted by atomic mass is 16.2. The summed E-state index contributed by atoms with van der Waals surface area (Å²) in [6, 6.07) is 10.0. The fraction of sp³-hybridized carbons (Fsp3) is 0.500. The summed E-state index contributed by atoms with van der Waals surface area (Å²) in [5, 5.41) is 9.49. The van der Waals surface area contributed by atoms with Crippen LogP contribution in [0, 0.1) is 0 Å². The summed E-state index contributed by atoms with van der Waals surface area (Å²) in [5.41, 5.74) is 7.52. The summed E-state index contributed by atoms with van der Waals surface area (Å²) < 4.78 is 1.47. The Hall–Kier alpha value is -2.75. The van der Waals surface area contributed by atoms with E-state index in [-0.39, 0.29) is 11.8 Å². The molecule has 1 unspecified atom stereocenters. The molecule has 0 bridgehead atoms. The molecule has 1 aromatic heterocycles. The summed E-state index contributed by atoms with van der Waals surface area (Å²) in [6.45, 7) is 3.58. The van der Waals surface area contributed by atoms with Gasteiger partial charge in [0.2, 0.25) is 0 Å². The lowest BCUT2D eigenvalue weighted by Gasteiger charge is -2.27. The van der Waals surface area contributed by atoms with Crippen LogP contribution >= 0.6 is 0 Å². The van der Waals surface area contributed by atoms with Crippen molar-refractivity contribution in [3.63, 3.8) is 0 Å². The molecule has 1 saturated heterocycles. The molecule has 2 heterocycles. The number of nitrogens with one attached hydrogen (secondary N) is 3. The van der Waals surface area contributed by atoms with E-state index in [0.717, 1.165) is 43.7 Å². The number of nitrogens with two attached hydrogens (primary N) is 1. The standard InChI is InChI=1S/C22H31N7O2/c23-17-2-1-3-18(14-17)25-15-16-4-6-19(7-5-16)29-11-8-20(27-22(29)31)26-21(30)28-12-9-24-10-13-28/h4-8,11,17-18,24-25H,1-3,9-10,12-15,23H2,(H,26,27,30,31)/t17-,18?/m1/s1. The van der Waals surface area contributed by atoms with Crippen LogP contribution in [0.25, 0.3) is 5.69 Å². The number of amides is 2. The molecule has 0 radical (unpaired) electrons. The van der Waals surface area contributed by atoms with Gasteiger partial charge in [-0.25, -0.2) is 9.59 Å². The fourth-order valence-electron chi connectivity index (χ4n) is 4.18. The van der Waals surface area contributed by atoms with Crippen LogP contribution in [0.5, 0.6) is 0 Å². The van der Waals surface area contributed by atoms with Gasteiger partial charge in [0.05, 0.1) is 5.69 Å². The molecule has 1 aliphatic heterocycles. The molecule has 1 aromatic carbocycles. The number of hydrogen-bond donors (Lipinski definition) is 4. The van der Waals surface area contributed by atoms with E-state index < -0.39 is 5.69 Å². The minimum absolute atomic E-state index is 0.234. The van der Waals surface area contributed by atoms with Gasteiger partial charge in [-0.1, -0.05) is 18.6 Å².